The summed E-state index contributed by atoms with van der Waals surface area (Å²) < 4.78 is 19.6. The normalized spacial score (nSPS) is 16.7. The quantitative estimate of drug-likeness (QED) is 0.173. The van der Waals surface area contributed by atoms with Crippen molar-refractivity contribution in [1.29, 1.82) is 0 Å². The molecule has 1 atom stereocenters. The molecular weight excluding hydrogens is 680 g/mol. The van der Waals surface area contributed by atoms with Gasteiger partial charge < -0.3 is 30.1 Å². The van der Waals surface area contributed by atoms with Crippen LogP contribution >= 0.6 is 0 Å². The fraction of sp³-hybridized carbons (Fsp3) is 0.324. The van der Waals surface area contributed by atoms with Crippen LogP contribution in [0.5, 0.6) is 5.75 Å². The highest BCUT2D eigenvalue weighted by atomic mass is 32.2. The summed E-state index contributed by atoms with van der Waals surface area (Å²) in [7, 11) is -1.43. The van der Waals surface area contributed by atoms with Crippen molar-refractivity contribution < 1.29 is 53.3 Å². The minimum absolute atomic E-state index is 0.0830. The molecule has 270 valence electrons. The van der Waals surface area contributed by atoms with Crippen LogP contribution in [-0.2, 0) is 36.4 Å². The summed E-state index contributed by atoms with van der Waals surface area (Å²) in [5.74, 6) is -6.59. The maximum absolute atomic E-state index is 13.9. The van der Waals surface area contributed by atoms with Crippen molar-refractivity contribution in [3.8, 4) is 5.75 Å². The highest BCUT2D eigenvalue weighted by molar-refractivity contribution is 7.95. The number of allylic oxidation sites excluding steroid dienone is 1. The molecule has 3 heterocycles. The Hall–Kier alpha value is -5.18. The first-order valence-electron chi connectivity index (χ1n) is 16.5. The van der Waals surface area contributed by atoms with E-state index in [0.29, 0.717) is 27.5 Å². The molecule has 0 bridgehead atoms. The van der Waals surface area contributed by atoms with Crippen LogP contribution in [0.3, 0.4) is 0 Å². The lowest BCUT2D eigenvalue weighted by Crippen LogP contribution is -2.25. The number of likely N-dealkylation sites (tertiary alicyclic amines) is 2. The summed E-state index contributed by atoms with van der Waals surface area (Å²) in [6.45, 7) is 7.33. The molecule has 0 amide bonds. The number of benzene rings is 3. The third kappa shape index (κ3) is 10.9. The van der Waals surface area contributed by atoms with Crippen LogP contribution in [0.2, 0.25) is 0 Å². The number of carboxylic acids is 4. The summed E-state index contributed by atoms with van der Waals surface area (Å²) in [6, 6.07) is 23.2. The minimum Gasteiger partial charge on any atom is -0.492 e. The number of carbonyl (C=O) groups is 5. The maximum atomic E-state index is 13.9. The predicted molar refractivity (Wildman–Crippen MR) is 188 cm³/mol. The first-order valence-corrected chi connectivity index (χ1v) is 17.6. The molecule has 3 aromatic rings. The van der Waals surface area contributed by atoms with Crippen molar-refractivity contribution in [3.05, 3.63) is 95.1 Å². The van der Waals surface area contributed by atoms with Gasteiger partial charge in [-0.3, -0.25) is 9.69 Å². The fourth-order valence-electron chi connectivity index (χ4n) is 5.90. The van der Waals surface area contributed by atoms with Gasteiger partial charge in [-0.05, 0) is 87.6 Å². The number of nitrogens with zero attached hydrogens (tertiary/aromatic N) is 2. The second kappa shape index (κ2) is 18.7. The number of carboxylic acid groups (broad SMARTS) is 4. The van der Waals surface area contributed by atoms with E-state index in [-0.39, 0.29) is 5.78 Å². The van der Waals surface area contributed by atoms with Crippen molar-refractivity contribution in [2.75, 3.05) is 45.9 Å². The zero-order chi connectivity index (χ0) is 36.9. The van der Waals surface area contributed by atoms with Crippen LogP contribution in [0.15, 0.2) is 77.7 Å². The Morgan fingerprint density at radius 1 is 0.647 bits per heavy atom. The maximum Gasteiger partial charge on any atom is 0.414 e. The molecule has 2 saturated heterocycles. The second-order valence-corrected chi connectivity index (χ2v) is 13.3. The molecule has 6 rings (SSSR count). The van der Waals surface area contributed by atoms with E-state index in [4.69, 9.17) is 44.3 Å². The van der Waals surface area contributed by atoms with Crippen molar-refractivity contribution in [2.45, 2.75) is 37.0 Å². The molecule has 0 aliphatic carbocycles. The monoisotopic (exact) mass is 720 g/mol. The molecule has 4 N–H and O–H groups in total. The Kier molecular flexibility index (Phi) is 14.2. The van der Waals surface area contributed by atoms with Gasteiger partial charge in [-0.1, -0.05) is 54.6 Å². The number of ketones is 1. The Morgan fingerprint density at radius 3 is 1.69 bits per heavy atom. The summed E-state index contributed by atoms with van der Waals surface area (Å²) in [4.78, 5) is 56.5. The predicted octanol–water partition coefficient (Wildman–Crippen LogP) is 3.98. The molecule has 0 radical (unpaired) electrons. The van der Waals surface area contributed by atoms with Gasteiger partial charge in [0.05, 0.1) is 20.6 Å². The number of carbonyl (C=O) groups excluding carboxylic acids is 1. The average molecular weight is 721 g/mol. The van der Waals surface area contributed by atoms with Crippen LogP contribution in [-0.4, -0.2) is 110 Å². The molecule has 3 aromatic carbocycles. The average Bonchev–Trinajstić information content (AvgIpc) is 3.90. The number of hydrogen-bond acceptors (Lipinski definition) is 9. The van der Waals surface area contributed by atoms with Crippen LogP contribution in [0.25, 0.3) is 10.5 Å². The van der Waals surface area contributed by atoms with Gasteiger partial charge in [0.15, 0.2) is 5.78 Å². The number of Topliss-reactive ketones (excluding diaryl/α,β-unsaturated/α-hetero) is 1. The highest BCUT2D eigenvalue weighted by Gasteiger charge is 2.33. The van der Waals surface area contributed by atoms with Crippen molar-refractivity contribution in [1.82, 2.24) is 9.80 Å². The molecular formula is C37H40N2O11S. The minimum atomic E-state index is -1.82. The number of fused-ring (bicyclic) bond motifs is 1. The van der Waals surface area contributed by atoms with Gasteiger partial charge >= 0.3 is 23.9 Å². The molecule has 51 heavy (non-hydrogen) atoms. The number of rotatable bonds is 10. The smallest absolute Gasteiger partial charge is 0.414 e. The third-order valence-electron chi connectivity index (χ3n) is 8.48. The molecule has 13 nitrogen and oxygen atoms in total. The largest absolute Gasteiger partial charge is 0.492 e. The zero-order valence-corrected chi connectivity index (χ0v) is 28.7. The van der Waals surface area contributed by atoms with Gasteiger partial charge in [0.2, 0.25) is 0 Å². The lowest BCUT2D eigenvalue weighted by Gasteiger charge is -2.15. The van der Waals surface area contributed by atoms with E-state index in [0.717, 1.165) is 49.5 Å². The third-order valence-corrected chi connectivity index (χ3v) is 10.1. The summed E-state index contributed by atoms with van der Waals surface area (Å²) >= 11 is 0. The summed E-state index contributed by atoms with van der Waals surface area (Å²) in [6.07, 6.45) is 6.12. The van der Waals surface area contributed by atoms with Gasteiger partial charge in [-0.25, -0.2) is 23.4 Å². The lowest BCUT2D eigenvalue weighted by molar-refractivity contribution is -0.159. The molecule has 3 aliphatic rings. The Bertz CT molecular complexity index is 1730. The lowest BCUT2D eigenvalue weighted by atomic mass is 9.94. The Balaban J connectivity index is 0.000000420. The fourth-order valence-corrected chi connectivity index (χ4v) is 7.43. The van der Waals surface area contributed by atoms with Crippen molar-refractivity contribution in [2.24, 2.45) is 0 Å². The first-order chi connectivity index (χ1) is 24.5. The first kappa shape index (κ1) is 38.6. The zero-order valence-electron chi connectivity index (χ0n) is 27.9. The van der Waals surface area contributed by atoms with Gasteiger partial charge in [0, 0.05) is 29.8 Å². The number of aliphatic carboxylic acids is 4. The van der Waals surface area contributed by atoms with Gasteiger partial charge in [0.25, 0.3) is 0 Å². The molecule has 1 unspecified atom stereocenters. The van der Waals surface area contributed by atoms with Crippen molar-refractivity contribution in [3.63, 3.8) is 0 Å². The molecule has 3 aliphatic heterocycles. The second-order valence-electron chi connectivity index (χ2n) is 11.9. The Labute approximate surface area is 297 Å². The molecule has 0 saturated carbocycles. The van der Waals surface area contributed by atoms with Crippen LogP contribution < -0.4 is 4.74 Å². The van der Waals surface area contributed by atoms with E-state index in [2.05, 4.69) is 21.9 Å². The highest BCUT2D eigenvalue weighted by Crippen LogP contribution is 2.43. The van der Waals surface area contributed by atoms with Crippen LogP contribution in [0, 0.1) is 0 Å². The van der Waals surface area contributed by atoms with Crippen LogP contribution in [0.1, 0.15) is 52.7 Å². The number of hydrogen-bond donors (Lipinski definition) is 4. The molecule has 2 fully saturated rings. The van der Waals surface area contributed by atoms with Gasteiger partial charge in [-0.2, -0.15) is 0 Å². The van der Waals surface area contributed by atoms with Crippen molar-refractivity contribution >= 4 is 50.9 Å². The summed E-state index contributed by atoms with van der Waals surface area (Å²) in [5, 5.41) is 29.6. The van der Waals surface area contributed by atoms with E-state index in [1.165, 1.54) is 44.3 Å². The number of ether oxygens (including phenoxy) is 1. The van der Waals surface area contributed by atoms with E-state index < -0.39 is 34.7 Å². The van der Waals surface area contributed by atoms with E-state index in [1.807, 2.05) is 60.7 Å². The van der Waals surface area contributed by atoms with Gasteiger partial charge in [0.1, 0.15) is 12.4 Å². The molecule has 0 spiro atoms. The van der Waals surface area contributed by atoms with E-state index in [1.54, 1.807) is 0 Å². The molecule has 0 aromatic heterocycles. The van der Waals surface area contributed by atoms with Crippen LogP contribution in [0.4, 0.5) is 0 Å². The molecule has 14 heteroatoms. The topological polar surface area (TPSA) is 199 Å². The van der Waals surface area contributed by atoms with E-state index >= 15 is 0 Å². The summed E-state index contributed by atoms with van der Waals surface area (Å²) in [5.41, 5.74) is 3.96. The Morgan fingerprint density at radius 2 is 1.16 bits per heavy atom. The standard InChI is InChI=1S/C33H36N2O3S.2C2H2O4/c36-32(26-11-9-25(10-12-26)17-22-34-18-3-4-19-34)31-29-7-1-2-8-30(29)39(37)33(31)27-13-15-28(16-14-27)38-24-23-35-20-5-6-21-35;2*3-1(4)2(5)6/h1-2,7-16H,3-6,17-24H2;2*(H,3,4)(H,5,6). The SMILES string of the molecule is O=C(C1=C(c2ccc(OCCN3CCCC3)cc2)S(=O)c2ccccc21)c1ccc(CCN2CCCC2)cc1.O=C(O)C(=O)O.O=C(O)C(=O)O. The van der Waals surface area contributed by atoms with Gasteiger partial charge in [-0.15, -0.1) is 0 Å². The van der Waals surface area contributed by atoms with E-state index in [9.17, 15) is 9.00 Å².